The fourth-order valence-corrected chi connectivity index (χ4v) is 2.27. The summed E-state index contributed by atoms with van der Waals surface area (Å²) in [5.41, 5.74) is 2.69. The van der Waals surface area contributed by atoms with Crippen molar-refractivity contribution in [2.45, 2.75) is 6.42 Å². The highest BCUT2D eigenvalue weighted by Crippen LogP contribution is 2.26. The summed E-state index contributed by atoms with van der Waals surface area (Å²) in [5.74, 6) is -0.304. The summed E-state index contributed by atoms with van der Waals surface area (Å²) in [6.07, 6.45) is 5.26. The van der Waals surface area contributed by atoms with Gasteiger partial charge in [0.05, 0.1) is 17.3 Å². The number of hydrogen-bond acceptors (Lipinski definition) is 3. The van der Waals surface area contributed by atoms with Gasteiger partial charge in [0, 0.05) is 29.7 Å². The fourth-order valence-electron chi connectivity index (χ4n) is 2.27. The maximum Gasteiger partial charge on any atom is 0.238 e. The average molecular weight is 276 g/mol. The summed E-state index contributed by atoms with van der Waals surface area (Å²) < 4.78 is 2.02. The standard InChI is InChI=1S/C16H12N4O/c17-8-4-16(21)19-14-2-1-3-15-13(14)7-11-20(15)12-5-9-18-10-6-12/h1-3,5-7,9-11H,4H2,(H,19,21). The largest absolute Gasteiger partial charge is 0.325 e. The molecule has 0 unspecified atom stereocenters. The van der Waals surface area contributed by atoms with Crippen molar-refractivity contribution in [3.8, 4) is 11.8 Å². The van der Waals surface area contributed by atoms with Gasteiger partial charge < -0.3 is 9.88 Å². The van der Waals surface area contributed by atoms with Crippen LogP contribution in [0.3, 0.4) is 0 Å². The second-order valence-corrected chi connectivity index (χ2v) is 4.51. The van der Waals surface area contributed by atoms with Gasteiger partial charge in [0.25, 0.3) is 0 Å². The number of aromatic nitrogens is 2. The molecule has 0 aliphatic heterocycles. The minimum absolute atomic E-state index is 0.151. The van der Waals surface area contributed by atoms with Gasteiger partial charge in [0.2, 0.25) is 5.91 Å². The lowest BCUT2D eigenvalue weighted by Crippen LogP contribution is -2.10. The number of nitrogens with one attached hydrogen (secondary N) is 1. The Morgan fingerprint density at radius 1 is 1.24 bits per heavy atom. The number of carbonyl (C=O) groups excluding carboxylic acids is 1. The van der Waals surface area contributed by atoms with E-state index in [0.29, 0.717) is 5.69 Å². The molecule has 102 valence electrons. The lowest BCUT2D eigenvalue weighted by atomic mass is 10.2. The Morgan fingerprint density at radius 3 is 2.81 bits per heavy atom. The second-order valence-electron chi connectivity index (χ2n) is 4.51. The number of pyridine rings is 1. The van der Waals surface area contributed by atoms with E-state index in [1.807, 2.05) is 53.2 Å². The molecule has 21 heavy (non-hydrogen) atoms. The van der Waals surface area contributed by atoms with Crippen molar-refractivity contribution in [1.82, 2.24) is 9.55 Å². The van der Waals surface area contributed by atoms with E-state index in [4.69, 9.17) is 5.26 Å². The summed E-state index contributed by atoms with van der Waals surface area (Å²) in [5, 5.41) is 12.3. The zero-order valence-electron chi connectivity index (χ0n) is 11.2. The summed E-state index contributed by atoms with van der Waals surface area (Å²) in [4.78, 5) is 15.6. The van der Waals surface area contributed by atoms with Gasteiger partial charge in [-0.2, -0.15) is 5.26 Å². The highest BCUT2D eigenvalue weighted by molar-refractivity contribution is 6.02. The Balaban J connectivity index is 2.05. The first-order valence-electron chi connectivity index (χ1n) is 6.47. The molecule has 5 nitrogen and oxygen atoms in total. The normalized spacial score (nSPS) is 10.2. The molecule has 0 saturated heterocycles. The molecule has 2 aromatic heterocycles. The van der Waals surface area contributed by atoms with Crippen LogP contribution in [0, 0.1) is 11.3 Å². The van der Waals surface area contributed by atoms with Crippen LogP contribution in [0.4, 0.5) is 5.69 Å². The van der Waals surface area contributed by atoms with Gasteiger partial charge in [-0.15, -0.1) is 0 Å². The van der Waals surface area contributed by atoms with Crippen molar-refractivity contribution in [1.29, 1.82) is 5.26 Å². The fraction of sp³-hybridized carbons (Fsp3) is 0.0625. The molecule has 3 aromatic rings. The summed E-state index contributed by atoms with van der Waals surface area (Å²) in [6, 6.07) is 13.3. The molecule has 0 aliphatic rings. The third kappa shape index (κ3) is 2.47. The Bertz CT molecular complexity index is 830. The van der Waals surface area contributed by atoms with E-state index in [9.17, 15) is 4.79 Å². The van der Waals surface area contributed by atoms with Gasteiger partial charge in [-0.25, -0.2) is 0 Å². The van der Waals surface area contributed by atoms with E-state index < -0.39 is 0 Å². The topological polar surface area (TPSA) is 70.7 Å². The molecule has 1 amide bonds. The van der Waals surface area contributed by atoms with E-state index in [2.05, 4.69) is 10.3 Å². The first-order chi connectivity index (χ1) is 10.3. The molecule has 0 radical (unpaired) electrons. The Hall–Kier alpha value is -3.13. The van der Waals surface area contributed by atoms with Crippen LogP contribution in [-0.2, 0) is 4.79 Å². The van der Waals surface area contributed by atoms with E-state index >= 15 is 0 Å². The number of amides is 1. The Morgan fingerprint density at radius 2 is 2.05 bits per heavy atom. The van der Waals surface area contributed by atoms with Crippen molar-refractivity contribution >= 4 is 22.5 Å². The molecule has 5 heteroatoms. The maximum atomic E-state index is 11.6. The van der Waals surface area contributed by atoms with Gasteiger partial charge in [0.1, 0.15) is 6.42 Å². The van der Waals surface area contributed by atoms with Crippen LogP contribution >= 0.6 is 0 Å². The molecule has 0 atom stereocenters. The SMILES string of the molecule is N#CCC(=O)Nc1cccc2c1ccn2-c1ccncc1. The van der Waals surface area contributed by atoms with E-state index in [1.54, 1.807) is 12.4 Å². The van der Waals surface area contributed by atoms with Crippen LogP contribution in [0.15, 0.2) is 55.0 Å². The predicted molar refractivity (Wildman–Crippen MR) is 79.9 cm³/mol. The number of hydrogen-bond donors (Lipinski definition) is 1. The van der Waals surface area contributed by atoms with Gasteiger partial charge in [-0.1, -0.05) is 6.07 Å². The van der Waals surface area contributed by atoms with Crippen LogP contribution in [0.2, 0.25) is 0 Å². The quantitative estimate of drug-likeness (QED) is 0.799. The average Bonchev–Trinajstić information content (AvgIpc) is 2.93. The molecule has 0 saturated carbocycles. The van der Waals surface area contributed by atoms with Gasteiger partial charge >= 0.3 is 0 Å². The number of rotatable bonds is 3. The van der Waals surface area contributed by atoms with Crippen LogP contribution < -0.4 is 5.32 Å². The number of anilines is 1. The van der Waals surface area contributed by atoms with Crippen molar-refractivity contribution in [2.24, 2.45) is 0 Å². The number of benzene rings is 1. The first kappa shape index (κ1) is 12.9. The minimum Gasteiger partial charge on any atom is -0.325 e. The molecule has 0 bridgehead atoms. The summed E-state index contributed by atoms with van der Waals surface area (Å²) >= 11 is 0. The van der Waals surface area contributed by atoms with Crippen molar-refractivity contribution in [3.05, 3.63) is 55.0 Å². The highest BCUT2D eigenvalue weighted by Gasteiger charge is 2.09. The number of carbonyl (C=O) groups is 1. The smallest absolute Gasteiger partial charge is 0.238 e. The van der Waals surface area contributed by atoms with Gasteiger partial charge in [-0.3, -0.25) is 9.78 Å². The Kier molecular flexibility index (Phi) is 3.36. The molecule has 0 spiro atoms. The van der Waals surface area contributed by atoms with Gasteiger partial charge in [0.15, 0.2) is 0 Å². The molecule has 1 aromatic carbocycles. The lowest BCUT2D eigenvalue weighted by molar-refractivity contribution is -0.115. The molecule has 2 heterocycles. The van der Waals surface area contributed by atoms with Crippen LogP contribution in [0.1, 0.15) is 6.42 Å². The molecule has 0 fully saturated rings. The lowest BCUT2D eigenvalue weighted by Gasteiger charge is -2.07. The second kappa shape index (κ2) is 5.47. The highest BCUT2D eigenvalue weighted by atomic mass is 16.1. The van der Waals surface area contributed by atoms with Crippen molar-refractivity contribution in [3.63, 3.8) is 0 Å². The van der Waals surface area contributed by atoms with Crippen LogP contribution in [-0.4, -0.2) is 15.5 Å². The molecule has 0 aliphatic carbocycles. The van der Waals surface area contributed by atoms with E-state index in [1.165, 1.54) is 0 Å². The van der Waals surface area contributed by atoms with Crippen LogP contribution in [0.5, 0.6) is 0 Å². The van der Waals surface area contributed by atoms with Crippen molar-refractivity contribution < 1.29 is 4.79 Å². The number of nitrogens with zero attached hydrogens (tertiary/aromatic N) is 3. The molecule has 1 N–H and O–H groups in total. The Labute approximate surface area is 121 Å². The third-order valence-corrected chi connectivity index (χ3v) is 3.19. The summed E-state index contributed by atoms with van der Waals surface area (Å²) in [6.45, 7) is 0. The number of fused-ring (bicyclic) bond motifs is 1. The van der Waals surface area contributed by atoms with E-state index in [-0.39, 0.29) is 12.3 Å². The first-order valence-corrected chi connectivity index (χ1v) is 6.47. The predicted octanol–water partition coefficient (Wildman–Crippen LogP) is 2.88. The number of nitriles is 1. The molecular formula is C16H12N4O. The third-order valence-electron chi connectivity index (χ3n) is 3.19. The van der Waals surface area contributed by atoms with Gasteiger partial charge in [-0.05, 0) is 30.3 Å². The molecule has 3 rings (SSSR count). The van der Waals surface area contributed by atoms with Crippen molar-refractivity contribution in [2.75, 3.05) is 5.32 Å². The summed E-state index contributed by atoms with van der Waals surface area (Å²) in [7, 11) is 0. The maximum absolute atomic E-state index is 11.6. The van der Waals surface area contributed by atoms with Crippen LogP contribution in [0.25, 0.3) is 16.6 Å². The zero-order valence-corrected chi connectivity index (χ0v) is 11.2. The zero-order chi connectivity index (χ0) is 14.7. The monoisotopic (exact) mass is 276 g/mol. The minimum atomic E-state index is -0.304. The molecular weight excluding hydrogens is 264 g/mol. The van der Waals surface area contributed by atoms with E-state index in [0.717, 1.165) is 16.6 Å².